The molecule has 0 atom stereocenters. The summed E-state index contributed by atoms with van der Waals surface area (Å²) in [6.45, 7) is 5.51. The van der Waals surface area contributed by atoms with Crippen molar-refractivity contribution in [2.45, 2.75) is 32.8 Å². The Morgan fingerprint density at radius 2 is 2.15 bits per heavy atom. The second kappa shape index (κ2) is 5.00. The van der Waals surface area contributed by atoms with E-state index in [2.05, 4.69) is 5.32 Å². The normalized spacial score (nSPS) is 16.9. The Morgan fingerprint density at radius 1 is 1.45 bits per heavy atom. The van der Waals surface area contributed by atoms with Gasteiger partial charge in [-0.05, 0) is 43.5 Å². The van der Waals surface area contributed by atoms with E-state index in [0.29, 0.717) is 12.1 Å². The number of ether oxygens (including phenoxy) is 1. The van der Waals surface area contributed by atoms with Crippen LogP contribution in [0.15, 0.2) is 24.3 Å². The zero-order chi connectivity index (χ0) is 14.9. The Hall–Kier alpha value is -2.30. The van der Waals surface area contributed by atoms with Crippen LogP contribution in [0.5, 0.6) is 0 Å². The number of fused-ring (bicyclic) bond motifs is 1. The SMILES string of the molecule is CCC(=CC(=O)O)c1ccc2c(c1)C(C)(C)OC(=O)N2. The molecule has 0 saturated heterocycles. The highest BCUT2D eigenvalue weighted by atomic mass is 16.6. The largest absolute Gasteiger partial charge is 0.478 e. The number of anilines is 1. The van der Waals surface area contributed by atoms with Gasteiger partial charge in [0.25, 0.3) is 0 Å². The van der Waals surface area contributed by atoms with Crippen molar-refractivity contribution in [1.82, 2.24) is 0 Å². The lowest BCUT2D eigenvalue weighted by Crippen LogP contribution is -2.34. The second-order valence-corrected chi connectivity index (χ2v) is 5.15. The third kappa shape index (κ3) is 2.66. The molecule has 0 radical (unpaired) electrons. The molecule has 1 amide bonds. The topological polar surface area (TPSA) is 75.6 Å². The lowest BCUT2D eigenvalue weighted by molar-refractivity contribution is -0.131. The second-order valence-electron chi connectivity index (χ2n) is 5.15. The van der Waals surface area contributed by atoms with Crippen molar-refractivity contribution in [2.75, 3.05) is 5.32 Å². The molecule has 0 bridgehead atoms. The van der Waals surface area contributed by atoms with E-state index in [1.807, 2.05) is 13.0 Å². The van der Waals surface area contributed by atoms with E-state index in [9.17, 15) is 9.59 Å². The highest BCUT2D eigenvalue weighted by molar-refractivity contribution is 5.92. The molecule has 1 aromatic rings. The summed E-state index contributed by atoms with van der Waals surface area (Å²) in [6, 6.07) is 5.45. The number of carboxylic acid groups (broad SMARTS) is 1. The molecule has 5 nitrogen and oxygen atoms in total. The molecular formula is C15H17NO4. The van der Waals surface area contributed by atoms with Crippen LogP contribution in [0.25, 0.3) is 5.57 Å². The first-order valence-electron chi connectivity index (χ1n) is 6.42. The predicted octanol–water partition coefficient (Wildman–Crippen LogP) is 3.36. The lowest BCUT2D eigenvalue weighted by atomic mass is 9.90. The minimum atomic E-state index is -0.969. The van der Waals surface area contributed by atoms with Gasteiger partial charge >= 0.3 is 12.1 Å². The standard InChI is InChI=1S/C15H17NO4/c1-4-9(8-13(17)18)10-5-6-12-11(7-10)15(2,3)20-14(19)16-12/h5-8H,4H2,1-3H3,(H,16,19)(H,17,18). The number of amides is 1. The Labute approximate surface area is 117 Å². The maximum absolute atomic E-state index is 11.4. The molecule has 2 rings (SSSR count). The molecule has 1 heterocycles. The fourth-order valence-electron chi connectivity index (χ4n) is 2.31. The number of cyclic esters (lactones) is 1. The van der Waals surface area contributed by atoms with Gasteiger partial charge in [-0.2, -0.15) is 0 Å². The number of hydrogen-bond acceptors (Lipinski definition) is 3. The molecule has 2 N–H and O–H groups in total. The zero-order valence-corrected chi connectivity index (χ0v) is 11.7. The summed E-state index contributed by atoms with van der Waals surface area (Å²) in [6.07, 6.45) is 1.34. The molecule has 1 aromatic carbocycles. The van der Waals surface area contributed by atoms with E-state index < -0.39 is 17.7 Å². The van der Waals surface area contributed by atoms with Gasteiger partial charge in [0.1, 0.15) is 5.60 Å². The average molecular weight is 275 g/mol. The van der Waals surface area contributed by atoms with E-state index in [-0.39, 0.29) is 0 Å². The van der Waals surface area contributed by atoms with Crippen LogP contribution in [0.4, 0.5) is 10.5 Å². The summed E-state index contributed by atoms with van der Waals surface area (Å²) < 4.78 is 5.26. The van der Waals surface area contributed by atoms with E-state index in [0.717, 1.165) is 16.7 Å². The van der Waals surface area contributed by atoms with Crippen LogP contribution in [0.1, 0.15) is 38.3 Å². The number of rotatable bonds is 3. The maximum atomic E-state index is 11.4. The number of carbonyl (C=O) groups excluding carboxylic acids is 1. The Morgan fingerprint density at radius 3 is 2.75 bits per heavy atom. The van der Waals surface area contributed by atoms with Crippen LogP contribution in [-0.2, 0) is 15.1 Å². The van der Waals surface area contributed by atoms with Crippen molar-refractivity contribution >= 4 is 23.3 Å². The summed E-state index contributed by atoms with van der Waals surface area (Å²) >= 11 is 0. The minimum Gasteiger partial charge on any atom is -0.478 e. The number of benzene rings is 1. The molecule has 20 heavy (non-hydrogen) atoms. The molecular weight excluding hydrogens is 258 g/mol. The van der Waals surface area contributed by atoms with Gasteiger partial charge in [-0.1, -0.05) is 13.0 Å². The van der Waals surface area contributed by atoms with Crippen molar-refractivity contribution in [1.29, 1.82) is 0 Å². The molecule has 5 heteroatoms. The van der Waals surface area contributed by atoms with E-state index in [1.165, 1.54) is 6.08 Å². The van der Waals surface area contributed by atoms with Gasteiger partial charge < -0.3 is 9.84 Å². The smallest absolute Gasteiger partial charge is 0.412 e. The van der Waals surface area contributed by atoms with Crippen LogP contribution in [0.2, 0.25) is 0 Å². The Bertz CT molecular complexity index is 602. The highest BCUT2D eigenvalue weighted by Crippen LogP contribution is 2.37. The van der Waals surface area contributed by atoms with Gasteiger partial charge in [0, 0.05) is 11.6 Å². The van der Waals surface area contributed by atoms with Crippen molar-refractivity contribution in [3.8, 4) is 0 Å². The first-order chi connectivity index (χ1) is 9.33. The molecule has 0 saturated carbocycles. The number of carbonyl (C=O) groups is 2. The van der Waals surface area contributed by atoms with Crippen LogP contribution in [-0.4, -0.2) is 17.2 Å². The van der Waals surface area contributed by atoms with Crippen molar-refractivity contribution in [3.63, 3.8) is 0 Å². The van der Waals surface area contributed by atoms with Crippen molar-refractivity contribution in [3.05, 3.63) is 35.4 Å². The van der Waals surface area contributed by atoms with Crippen LogP contribution in [0, 0.1) is 0 Å². The maximum Gasteiger partial charge on any atom is 0.412 e. The fourth-order valence-corrected chi connectivity index (χ4v) is 2.31. The predicted molar refractivity (Wildman–Crippen MR) is 75.5 cm³/mol. The molecule has 0 aliphatic carbocycles. The number of nitrogens with one attached hydrogen (secondary N) is 1. The minimum absolute atomic E-state index is 0.480. The van der Waals surface area contributed by atoms with Crippen molar-refractivity contribution in [2.24, 2.45) is 0 Å². The summed E-state index contributed by atoms with van der Waals surface area (Å²) in [5.74, 6) is -0.969. The molecule has 0 aromatic heterocycles. The van der Waals surface area contributed by atoms with E-state index in [1.54, 1.807) is 26.0 Å². The van der Waals surface area contributed by atoms with Gasteiger partial charge in [0.05, 0.1) is 5.69 Å². The van der Waals surface area contributed by atoms with Gasteiger partial charge in [-0.25, -0.2) is 9.59 Å². The Balaban J connectivity index is 2.51. The molecule has 1 aliphatic heterocycles. The van der Waals surface area contributed by atoms with E-state index >= 15 is 0 Å². The first kappa shape index (κ1) is 14.1. The molecule has 0 fully saturated rings. The summed E-state index contributed by atoms with van der Waals surface area (Å²) in [4.78, 5) is 22.3. The van der Waals surface area contributed by atoms with Crippen LogP contribution in [0.3, 0.4) is 0 Å². The van der Waals surface area contributed by atoms with Gasteiger partial charge in [0.15, 0.2) is 0 Å². The van der Waals surface area contributed by atoms with Gasteiger partial charge in [0.2, 0.25) is 0 Å². The summed E-state index contributed by atoms with van der Waals surface area (Å²) in [5, 5.41) is 11.5. The molecule has 0 unspecified atom stereocenters. The summed E-state index contributed by atoms with van der Waals surface area (Å²) in [7, 11) is 0. The zero-order valence-electron chi connectivity index (χ0n) is 11.7. The third-order valence-corrected chi connectivity index (χ3v) is 3.30. The summed E-state index contributed by atoms with van der Waals surface area (Å²) in [5.41, 5.74) is 2.34. The lowest BCUT2D eigenvalue weighted by Gasteiger charge is -2.32. The van der Waals surface area contributed by atoms with Crippen molar-refractivity contribution < 1.29 is 19.4 Å². The number of carboxylic acids is 1. The first-order valence-corrected chi connectivity index (χ1v) is 6.42. The molecule has 0 spiro atoms. The molecule has 1 aliphatic rings. The average Bonchev–Trinajstić information content (AvgIpc) is 2.34. The van der Waals surface area contributed by atoms with Gasteiger partial charge in [-0.15, -0.1) is 0 Å². The quantitative estimate of drug-likeness (QED) is 0.829. The van der Waals surface area contributed by atoms with Crippen LogP contribution < -0.4 is 5.32 Å². The molecule has 106 valence electrons. The van der Waals surface area contributed by atoms with Gasteiger partial charge in [-0.3, -0.25) is 5.32 Å². The fraction of sp³-hybridized carbons (Fsp3) is 0.333. The van der Waals surface area contributed by atoms with E-state index in [4.69, 9.17) is 9.84 Å². The monoisotopic (exact) mass is 275 g/mol. The highest BCUT2D eigenvalue weighted by Gasteiger charge is 2.33. The third-order valence-electron chi connectivity index (χ3n) is 3.30. The number of hydrogen-bond donors (Lipinski definition) is 2. The Kier molecular flexibility index (Phi) is 3.53. The van der Waals surface area contributed by atoms with Crippen LogP contribution >= 0.6 is 0 Å². The number of allylic oxidation sites excluding steroid dienone is 1. The number of aliphatic carboxylic acids is 1.